The van der Waals surface area contributed by atoms with E-state index < -0.39 is 27.1 Å². The summed E-state index contributed by atoms with van der Waals surface area (Å²) < 4.78 is 5.13. The second-order valence-electron chi connectivity index (χ2n) is 5.63. The standard InChI is InChI=1S/C8H17NO.C5H5.C2H7Si.2ClH.Zr/c1-3-5-6-7(4-2)8(9)10;1-2-4-5-3-1;1-3-2;;;/h7H,3-6H2,1-2H3,(H2,9,10);1-3H,4H2;3H,1-2H3;2*1H;/q;;;;;+3/p-3. The first kappa shape index (κ1) is 23.9. The van der Waals surface area contributed by atoms with E-state index in [1.54, 1.807) is 3.28 Å². The van der Waals surface area contributed by atoms with Gasteiger partial charge in [0.2, 0.25) is 0 Å². The summed E-state index contributed by atoms with van der Waals surface area (Å²) in [6, 6.07) is 0. The molecular weight excluding hydrogens is 400 g/mol. The third-order valence-electron chi connectivity index (χ3n) is 3.72. The quantitative estimate of drug-likeness (QED) is 0.433. The summed E-state index contributed by atoms with van der Waals surface area (Å²) in [6.07, 6.45) is 12.2. The Labute approximate surface area is 151 Å². The van der Waals surface area contributed by atoms with E-state index in [1.807, 2.05) is 0 Å². The van der Waals surface area contributed by atoms with Gasteiger partial charge in [0.05, 0.1) is 0 Å². The SMILES string of the molecule is CCCCC(CC)C(=O)[NH][Zr+2]([C]1=CC=CC1)[SiH](C)C.[Cl-].[Cl-]. The number of unbranched alkanes of at least 4 members (excludes halogenated alkanes) is 1. The maximum Gasteiger partial charge on any atom is -1.00 e. The van der Waals surface area contributed by atoms with E-state index in [9.17, 15) is 4.79 Å². The zero-order valence-electron chi connectivity index (χ0n) is 13.6. The predicted octanol–water partition coefficient (Wildman–Crippen LogP) is -2.31. The van der Waals surface area contributed by atoms with Crippen LogP contribution in [0.1, 0.15) is 46.0 Å². The summed E-state index contributed by atoms with van der Waals surface area (Å²) in [5, 5.41) is 0. The second kappa shape index (κ2) is 13.1. The molecule has 1 amide bonds. The molecule has 0 fully saturated rings. The van der Waals surface area contributed by atoms with Crippen molar-refractivity contribution < 1.29 is 50.8 Å². The van der Waals surface area contributed by atoms with Gasteiger partial charge in [-0.25, -0.2) is 0 Å². The first-order valence-corrected chi connectivity index (χ1v) is 17.2. The molecule has 1 unspecified atom stereocenters. The maximum absolute atomic E-state index is 12.5. The van der Waals surface area contributed by atoms with Crippen molar-refractivity contribution in [1.29, 1.82) is 0 Å². The Morgan fingerprint density at radius 2 is 2.05 bits per heavy atom. The summed E-state index contributed by atoms with van der Waals surface area (Å²) in [5.41, 5.74) is 0. The molecule has 1 aliphatic rings. The average Bonchev–Trinajstić information content (AvgIpc) is 2.90. The minimum atomic E-state index is -1.81. The van der Waals surface area contributed by atoms with E-state index in [4.69, 9.17) is 0 Å². The molecule has 2 nitrogen and oxygen atoms in total. The zero-order valence-corrected chi connectivity index (χ0v) is 18.7. The molecule has 0 aromatic rings. The van der Waals surface area contributed by atoms with Crippen LogP contribution in [0.25, 0.3) is 0 Å². The fourth-order valence-corrected chi connectivity index (χ4v) is 16.2. The van der Waals surface area contributed by atoms with E-state index in [0.29, 0.717) is 5.91 Å². The van der Waals surface area contributed by atoms with Crippen LogP contribution in [-0.4, -0.2) is 11.8 Å². The van der Waals surface area contributed by atoms with Crippen molar-refractivity contribution in [3.63, 3.8) is 0 Å². The summed E-state index contributed by atoms with van der Waals surface area (Å²) in [6.45, 7) is 9.15. The van der Waals surface area contributed by atoms with Crippen LogP contribution in [0.15, 0.2) is 21.5 Å². The molecule has 0 spiro atoms. The van der Waals surface area contributed by atoms with Crippen LogP contribution in [0.5, 0.6) is 0 Å². The molecule has 0 aromatic heterocycles. The van der Waals surface area contributed by atoms with Crippen molar-refractivity contribution in [3.8, 4) is 0 Å². The van der Waals surface area contributed by atoms with Crippen LogP contribution in [0.3, 0.4) is 0 Å². The van der Waals surface area contributed by atoms with Crippen LogP contribution in [-0.2, 0) is 26.0 Å². The molecule has 6 heteroatoms. The molecule has 0 bridgehead atoms. The van der Waals surface area contributed by atoms with Gasteiger partial charge in [0.15, 0.2) is 0 Å². The van der Waals surface area contributed by atoms with Gasteiger partial charge in [-0.05, 0) is 0 Å². The van der Waals surface area contributed by atoms with Crippen LogP contribution < -0.4 is 28.1 Å². The molecule has 1 atom stereocenters. The fourth-order valence-electron chi connectivity index (χ4n) is 2.45. The van der Waals surface area contributed by atoms with Gasteiger partial charge in [0, 0.05) is 0 Å². The summed E-state index contributed by atoms with van der Waals surface area (Å²) >= 11 is -1.81. The van der Waals surface area contributed by atoms with Crippen molar-refractivity contribution in [2.45, 2.75) is 59.0 Å². The number of rotatable bonds is 8. The van der Waals surface area contributed by atoms with Gasteiger partial charge in [-0.1, -0.05) is 0 Å². The van der Waals surface area contributed by atoms with Gasteiger partial charge in [-0.15, -0.1) is 0 Å². The van der Waals surface area contributed by atoms with Crippen molar-refractivity contribution in [1.82, 2.24) is 3.26 Å². The van der Waals surface area contributed by atoms with Crippen molar-refractivity contribution in [3.05, 3.63) is 21.5 Å². The monoisotopic (exact) mass is 426 g/mol. The largest absolute Gasteiger partial charge is 1.00 e. The first-order chi connectivity index (χ1) is 9.10. The van der Waals surface area contributed by atoms with Crippen LogP contribution in [0, 0.1) is 5.92 Å². The molecule has 0 saturated carbocycles. The first-order valence-electron chi connectivity index (χ1n) is 7.63. The number of hydrogen-bond donors (Lipinski definition) is 1. The van der Waals surface area contributed by atoms with Gasteiger partial charge in [-0.2, -0.15) is 0 Å². The number of carbonyl (C=O) groups is 1. The molecule has 0 saturated heterocycles. The second-order valence-corrected chi connectivity index (χ2v) is 24.1. The molecule has 121 valence electrons. The van der Waals surface area contributed by atoms with E-state index in [0.717, 1.165) is 19.3 Å². The topological polar surface area (TPSA) is 29.1 Å². The van der Waals surface area contributed by atoms with E-state index >= 15 is 0 Å². The maximum atomic E-state index is 12.5. The van der Waals surface area contributed by atoms with Crippen LogP contribution >= 0.6 is 0 Å². The Bertz CT molecular complexity index is 362. The third-order valence-corrected chi connectivity index (χ3v) is 20.3. The van der Waals surface area contributed by atoms with Crippen LogP contribution in [0.2, 0.25) is 13.1 Å². The number of hydrogen-bond acceptors (Lipinski definition) is 1. The number of allylic oxidation sites excluding steroid dienone is 4. The normalized spacial score (nSPS) is 14.0. The summed E-state index contributed by atoms with van der Waals surface area (Å²) in [5.74, 6) is -0.109. The summed E-state index contributed by atoms with van der Waals surface area (Å²) in [7, 11) is 0. The number of halogens is 2. The average molecular weight is 429 g/mol. The third kappa shape index (κ3) is 8.16. The number of nitrogens with one attached hydrogen (secondary N) is 1. The molecule has 0 heterocycles. The van der Waals surface area contributed by atoms with E-state index in [1.165, 1.54) is 12.8 Å². The van der Waals surface area contributed by atoms with Gasteiger partial charge >= 0.3 is 128 Å². The van der Waals surface area contributed by atoms with Gasteiger partial charge < -0.3 is 24.8 Å². The molecule has 0 aromatic carbocycles. The number of amides is 1. The predicted molar refractivity (Wildman–Crippen MR) is 82.2 cm³/mol. The zero-order chi connectivity index (χ0) is 14.3. The molecular formula is C15H28Cl2NOSiZr. The number of carbonyl (C=O) groups excluding carboxylic acids is 1. The molecule has 0 aliphatic heterocycles. The van der Waals surface area contributed by atoms with Crippen LogP contribution in [0.4, 0.5) is 0 Å². The minimum Gasteiger partial charge on any atom is -1.00 e. The van der Waals surface area contributed by atoms with Gasteiger partial charge in [0.1, 0.15) is 0 Å². The van der Waals surface area contributed by atoms with E-state index in [-0.39, 0.29) is 30.7 Å². The molecule has 1 aliphatic carbocycles. The van der Waals surface area contributed by atoms with Crippen molar-refractivity contribution in [2.24, 2.45) is 5.92 Å². The summed E-state index contributed by atoms with van der Waals surface area (Å²) in [4.78, 5) is 12.5. The molecule has 1 N–H and O–H groups in total. The Kier molecular flexibility index (Phi) is 14.9. The van der Waals surface area contributed by atoms with E-state index in [2.05, 4.69) is 48.4 Å². The van der Waals surface area contributed by atoms with Gasteiger partial charge in [0.25, 0.3) is 0 Å². The van der Waals surface area contributed by atoms with Crippen molar-refractivity contribution >= 4 is 11.8 Å². The smallest absolute Gasteiger partial charge is 1.00 e. The minimum absolute atomic E-state index is 0. The Balaban J connectivity index is 0. The molecule has 21 heavy (non-hydrogen) atoms. The molecule has 0 radical (unpaired) electrons. The Hall–Kier alpha value is 0.630. The van der Waals surface area contributed by atoms with Gasteiger partial charge in [-0.3, -0.25) is 0 Å². The van der Waals surface area contributed by atoms with Crippen molar-refractivity contribution in [2.75, 3.05) is 0 Å². The Morgan fingerprint density at radius 1 is 1.38 bits per heavy atom. The Morgan fingerprint density at radius 3 is 2.48 bits per heavy atom. The molecule has 1 rings (SSSR count). The fraction of sp³-hybridized carbons (Fsp3) is 0.667.